The largest absolute Gasteiger partial charge is 0.544 e. The number of allylic oxidation sites excluding steroid dienone is 6. The molecule has 0 aliphatic heterocycles. The fraction of sp³-hybridized carbons (Fsp3) is 0.804. The summed E-state index contributed by atoms with van der Waals surface area (Å²) in [7, 11) is 5.40. The van der Waals surface area contributed by atoms with Gasteiger partial charge in [0, 0.05) is 19.3 Å². The Bertz CT molecular complexity index is 984. The number of rotatable bonds is 39. The number of quaternary nitrogens is 1. The molecular weight excluding hydrogens is 679 g/mol. The minimum Gasteiger partial charge on any atom is -0.544 e. The molecule has 314 valence electrons. The van der Waals surface area contributed by atoms with Gasteiger partial charge in [0.05, 0.1) is 40.3 Å². The lowest BCUT2D eigenvalue weighted by atomic mass is 10.1. The van der Waals surface area contributed by atoms with Crippen molar-refractivity contribution in [3.63, 3.8) is 0 Å². The van der Waals surface area contributed by atoms with Crippen molar-refractivity contribution in [3.05, 3.63) is 36.5 Å². The molecule has 0 N–H and O–H groups in total. The van der Waals surface area contributed by atoms with E-state index in [9.17, 15) is 19.5 Å². The molecule has 0 aromatic rings. The summed E-state index contributed by atoms with van der Waals surface area (Å²) in [5, 5.41) is 11.6. The van der Waals surface area contributed by atoms with Gasteiger partial charge in [-0.2, -0.15) is 0 Å². The maximum absolute atomic E-state index is 12.6. The van der Waals surface area contributed by atoms with Crippen LogP contribution in [0.5, 0.6) is 0 Å². The first-order valence-corrected chi connectivity index (χ1v) is 22.0. The number of carboxylic acid groups (broad SMARTS) is 1. The molecule has 0 amide bonds. The zero-order valence-corrected chi connectivity index (χ0v) is 35.6. The lowest BCUT2D eigenvalue weighted by molar-refractivity contribution is -0.889. The van der Waals surface area contributed by atoms with E-state index in [-0.39, 0.29) is 42.7 Å². The van der Waals surface area contributed by atoms with Crippen LogP contribution in [0.2, 0.25) is 0 Å². The van der Waals surface area contributed by atoms with Crippen LogP contribution in [0.15, 0.2) is 36.5 Å². The van der Waals surface area contributed by atoms with Crippen molar-refractivity contribution in [1.82, 2.24) is 0 Å². The van der Waals surface area contributed by atoms with Crippen molar-refractivity contribution in [2.75, 3.05) is 41.0 Å². The van der Waals surface area contributed by atoms with Gasteiger partial charge in [-0.3, -0.25) is 9.59 Å². The van der Waals surface area contributed by atoms with E-state index in [1.165, 1.54) is 103 Å². The quantitative estimate of drug-likeness (QED) is 0.0266. The number of carbonyl (C=O) groups is 3. The smallest absolute Gasteiger partial charge is 0.306 e. The zero-order chi connectivity index (χ0) is 40.0. The van der Waals surface area contributed by atoms with Crippen molar-refractivity contribution in [2.45, 2.75) is 199 Å². The normalized spacial score (nSPS) is 13.3. The number of carboxylic acids is 1. The average molecular weight is 762 g/mol. The first-order chi connectivity index (χ1) is 26.1. The molecule has 0 rings (SSSR count). The van der Waals surface area contributed by atoms with Crippen molar-refractivity contribution < 1.29 is 38.2 Å². The van der Waals surface area contributed by atoms with Crippen LogP contribution in [0, 0.1) is 0 Å². The third-order valence-electron chi connectivity index (χ3n) is 9.78. The predicted molar refractivity (Wildman–Crippen MR) is 222 cm³/mol. The fourth-order valence-electron chi connectivity index (χ4n) is 6.31. The molecule has 0 saturated carbocycles. The minimum atomic E-state index is -1.13. The third kappa shape index (κ3) is 35.3. The monoisotopic (exact) mass is 762 g/mol. The summed E-state index contributed by atoms with van der Waals surface area (Å²) in [5.74, 6) is -1.74. The lowest BCUT2D eigenvalue weighted by Crippen LogP contribution is -2.55. The van der Waals surface area contributed by atoms with Crippen LogP contribution in [0.1, 0.15) is 187 Å². The van der Waals surface area contributed by atoms with Gasteiger partial charge >= 0.3 is 11.9 Å². The van der Waals surface area contributed by atoms with Crippen LogP contribution >= 0.6 is 0 Å². The van der Waals surface area contributed by atoms with Crippen molar-refractivity contribution in [1.29, 1.82) is 0 Å². The van der Waals surface area contributed by atoms with E-state index in [4.69, 9.17) is 14.2 Å². The maximum Gasteiger partial charge on any atom is 0.306 e. The van der Waals surface area contributed by atoms with E-state index in [1.54, 1.807) is 21.1 Å². The Labute approximate surface area is 332 Å². The van der Waals surface area contributed by atoms with Gasteiger partial charge in [0.25, 0.3) is 0 Å². The van der Waals surface area contributed by atoms with E-state index in [0.29, 0.717) is 12.8 Å². The molecule has 0 aromatic heterocycles. The first-order valence-electron chi connectivity index (χ1n) is 22.0. The molecule has 0 bridgehead atoms. The molecule has 0 radical (unpaired) electrons. The summed E-state index contributed by atoms with van der Waals surface area (Å²) in [6.45, 7) is 4.60. The molecule has 0 aromatic carbocycles. The number of carbonyl (C=O) groups excluding carboxylic acids is 3. The standard InChI is InChI=1S/C46H83NO7/c1-6-8-10-12-14-16-17-18-19-20-21-22-23-24-25-26-27-28-29-31-32-34-36-44(48)53-41-42(40-52-39-38-43(46(50)51)47(3,4)5)54-45(49)37-35-33-30-15-13-11-9-7-2/h14,16,18-19,21-22,42-43H,6-13,15,17,20,23-41H2,1-5H3/b16-14+,19-18+,22-21+. The molecule has 2 atom stereocenters. The van der Waals surface area contributed by atoms with E-state index < -0.39 is 18.1 Å². The highest BCUT2D eigenvalue weighted by molar-refractivity contribution is 5.70. The van der Waals surface area contributed by atoms with Crippen molar-refractivity contribution in [3.8, 4) is 0 Å². The number of likely N-dealkylation sites (N-methyl/N-ethyl adjacent to an activating group) is 1. The Morgan fingerprint density at radius 3 is 1.48 bits per heavy atom. The molecule has 0 aliphatic carbocycles. The summed E-state index contributed by atoms with van der Waals surface area (Å²) in [5.41, 5.74) is 0. The third-order valence-corrected chi connectivity index (χ3v) is 9.78. The highest BCUT2D eigenvalue weighted by Crippen LogP contribution is 2.14. The highest BCUT2D eigenvalue weighted by Gasteiger charge is 2.25. The Kier molecular flexibility index (Phi) is 35.8. The van der Waals surface area contributed by atoms with E-state index in [0.717, 1.165) is 51.4 Å². The Morgan fingerprint density at radius 2 is 0.981 bits per heavy atom. The van der Waals surface area contributed by atoms with E-state index in [2.05, 4.69) is 50.3 Å². The number of hydrogen-bond donors (Lipinski definition) is 0. The summed E-state index contributed by atoms with van der Waals surface area (Å²) in [6, 6.07) is -0.723. The molecule has 8 nitrogen and oxygen atoms in total. The van der Waals surface area contributed by atoms with Gasteiger partial charge in [-0.1, -0.05) is 153 Å². The number of esters is 2. The molecule has 0 spiro atoms. The zero-order valence-electron chi connectivity index (χ0n) is 35.6. The van der Waals surface area contributed by atoms with Crippen LogP contribution in [0.3, 0.4) is 0 Å². The van der Waals surface area contributed by atoms with Crippen LogP contribution in [0.4, 0.5) is 0 Å². The Morgan fingerprint density at radius 1 is 0.556 bits per heavy atom. The summed E-state index contributed by atoms with van der Waals surface area (Å²) < 4.78 is 17.1. The molecular formula is C46H83NO7. The van der Waals surface area contributed by atoms with E-state index in [1.807, 2.05) is 0 Å². The van der Waals surface area contributed by atoms with Crippen LogP contribution in [-0.2, 0) is 28.6 Å². The summed E-state index contributed by atoms with van der Waals surface area (Å²) >= 11 is 0. The molecule has 0 heterocycles. The van der Waals surface area contributed by atoms with Gasteiger partial charge in [0.1, 0.15) is 12.6 Å². The SMILES string of the molecule is CCCCC/C=C/C/C=C/C/C=C/CCCCCCCCCCCC(=O)OCC(COCCC(C(=O)[O-])[N+](C)(C)C)OC(=O)CCCCCCCCCC. The van der Waals surface area contributed by atoms with Gasteiger partial charge in [0.15, 0.2) is 6.10 Å². The van der Waals surface area contributed by atoms with E-state index >= 15 is 0 Å². The Hall–Kier alpha value is -2.45. The molecule has 2 unspecified atom stereocenters. The molecule has 0 saturated heterocycles. The molecule has 0 fully saturated rings. The van der Waals surface area contributed by atoms with Crippen LogP contribution in [0.25, 0.3) is 0 Å². The first kappa shape index (κ1) is 51.5. The second-order valence-corrected chi connectivity index (χ2v) is 15.9. The number of aliphatic carboxylic acids is 1. The van der Waals surface area contributed by atoms with Crippen LogP contribution < -0.4 is 5.11 Å². The van der Waals surface area contributed by atoms with Gasteiger partial charge < -0.3 is 28.6 Å². The highest BCUT2D eigenvalue weighted by atomic mass is 16.6. The van der Waals surface area contributed by atoms with Gasteiger partial charge in [-0.05, 0) is 51.4 Å². The Balaban J connectivity index is 4.18. The van der Waals surface area contributed by atoms with Gasteiger partial charge in [0.2, 0.25) is 0 Å². The topological polar surface area (TPSA) is 102 Å². The molecule has 54 heavy (non-hydrogen) atoms. The maximum atomic E-state index is 12.6. The molecule has 8 heteroatoms. The number of nitrogens with zero attached hydrogens (tertiary/aromatic N) is 1. The second kappa shape index (κ2) is 37.5. The van der Waals surface area contributed by atoms with Crippen LogP contribution in [-0.4, -0.2) is 75.5 Å². The summed E-state index contributed by atoms with van der Waals surface area (Å²) in [6.07, 6.45) is 41.8. The van der Waals surface area contributed by atoms with Gasteiger partial charge in [-0.15, -0.1) is 0 Å². The summed E-state index contributed by atoms with van der Waals surface area (Å²) in [4.78, 5) is 36.7. The van der Waals surface area contributed by atoms with Gasteiger partial charge in [-0.25, -0.2) is 0 Å². The number of unbranched alkanes of at least 4 members (excludes halogenated alkanes) is 19. The second-order valence-electron chi connectivity index (χ2n) is 15.9. The van der Waals surface area contributed by atoms with Crippen molar-refractivity contribution in [2.24, 2.45) is 0 Å². The lowest BCUT2D eigenvalue weighted by Gasteiger charge is -2.34. The molecule has 0 aliphatic rings. The number of hydrogen-bond acceptors (Lipinski definition) is 7. The average Bonchev–Trinajstić information content (AvgIpc) is 3.12. The minimum absolute atomic E-state index is 0.0409. The fourth-order valence-corrected chi connectivity index (χ4v) is 6.31. The van der Waals surface area contributed by atoms with Crippen molar-refractivity contribution >= 4 is 17.9 Å². The number of ether oxygens (including phenoxy) is 3. The predicted octanol–water partition coefficient (Wildman–Crippen LogP) is 10.5.